The van der Waals surface area contributed by atoms with E-state index in [4.69, 9.17) is 19.5 Å². The van der Waals surface area contributed by atoms with E-state index >= 15 is 0 Å². The van der Waals surface area contributed by atoms with Crippen molar-refractivity contribution in [2.75, 3.05) is 112 Å². The van der Waals surface area contributed by atoms with E-state index in [9.17, 15) is 24.9 Å². The number of phenols is 2. The summed E-state index contributed by atoms with van der Waals surface area (Å²) in [4.78, 5) is 42.5. The molecule has 0 aliphatic carbocycles. The lowest BCUT2D eigenvalue weighted by atomic mass is 9.77. The van der Waals surface area contributed by atoms with E-state index in [2.05, 4.69) is 67.9 Å². The summed E-state index contributed by atoms with van der Waals surface area (Å²) in [6, 6.07) is 17.3. The maximum Gasteiger partial charge on any atom is 0.346 e. The van der Waals surface area contributed by atoms with Crippen LogP contribution in [-0.4, -0.2) is 230 Å². The van der Waals surface area contributed by atoms with Gasteiger partial charge in [0.1, 0.15) is 29.0 Å². The zero-order chi connectivity index (χ0) is 56.4. The lowest BCUT2D eigenvalue weighted by Gasteiger charge is -2.41. The minimum atomic E-state index is -1.38. The van der Waals surface area contributed by atoms with Crippen LogP contribution in [0.4, 0.5) is 0 Å². The zero-order valence-electron chi connectivity index (χ0n) is 47.0. The summed E-state index contributed by atoms with van der Waals surface area (Å²) >= 11 is 7.94. The van der Waals surface area contributed by atoms with Gasteiger partial charge in [-0.3, -0.25) is 35.2 Å². The third kappa shape index (κ3) is 12.5. The maximum absolute atomic E-state index is 13.6. The number of carbonyl (C=O) groups excluding carboxylic acids is 2. The predicted octanol–water partition coefficient (Wildman–Crippen LogP) is 3.09. The van der Waals surface area contributed by atoms with Crippen LogP contribution in [0, 0.1) is 0 Å². The molecule has 2 fully saturated rings. The number of guanidine groups is 4. The number of amides is 1. The van der Waals surface area contributed by atoms with Crippen molar-refractivity contribution in [2.45, 2.75) is 105 Å². The second-order valence-electron chi connectivity index (χ2n) is 23.6. The van der Waals surface area contributed by atoms with Gasteiger partial charge in [-0.15, -0.1) is 0 Å². The number of rotatable bonds is 19. The monoisotopic (exact) mass is 1210 g/mol. The quantitative estimate of drug-likeness (QED) is 0.0472. The lowest BCUT2D eigenvalue weighted by molar-refractivity contribution is -0.542. The maximum atomic E-state index is 13.6. The van der Waals surface area contributed by atoms with Crippen molar-refractivity contribution in [1.29, 1.82) is 0 Å². The molecule has 0 bridgehead atoms. The first-order valence-electron chi connectivity index (χ1n) is 30.0. The van der Waals surface area contributed by atoms with Gasteiger partial charge in [-0.25, -0.2) is 14.8 Å². The Morgan fingerprint density at radius 2 is 1.06 bits per heavy atom. The van der Waals surface area contributed by atoms with E-state index in [1.807, 2.05) is 35.3 Å². The first-order chi connectivity index (χ1) is 40.6. The summed E-state index contributed by atoms with van der Waals surface area (Å²) < 4.78 is 17.1. The second-order valence-corrected chi connectivity index (χ2v) is 28.0. The number of aliphatic hydroxyl groups is 1. The van der Waals surface area contributed by atoms with Crippen LogP contribution in [0.15, 0.2) is 64.6 Å². The average Bonchev–Trinajstić information content (AvgIpc) is 2.54. The van der Waals surface area contributed by atoms with Crippen LogP contribution in [-0.2, 0) is 10.3 Å². The number of esters is 1. The van der Waals surface area contributed by atoms with E-state index in [0.29, 0.717) is 82.6 Å². The third-order valence-corrected chi connectivity index (χ3v) is 22.7. The molecule has 0 unspecified atom stereocenters. The van der Waals surface area contributed by atoms with Crippen molar-refractivity contribution >= 4 is 82.8 Å². The number of hydrogen-bond donors (Lipinski definition) is 10. The first kappa shape index (κ1) is 56.6. The Labute approximate surface area is 502 Å². The smallest absolute Gasteiger partial charge is 0.346 e. The summed E-state index contributed by atoms with van der Waals surface area (Å²) in [5, 5.41) is 55.8. The Morgan fingerprint density at radius 3 is 1.60 bits per heavy atom. The molecule has 10 aliphatic heterocycles. The molecule has 8 atom stereocenters. The lowest BCUT2D eigenvalue weighted by Crippen LogP contribution is -2.60. The standard InChI is InChI=1S/C59H77N13O7S4/c73-28-37-7-16-69-18-9-39(63-55(69)61-37)30-81-32-41-11-20-71-22-13-43(67-57(71)65-41)34-83-35-44-14-23-72-21-12-42(66-58(72)68-44)33-82-31-40-10-19-70-17-8-38(62-56(70)64-40)29-80-24-15-60-53(76)36-1-4-48-47(25-36)54(77)79-59(48)49-5-2-45(74)26-51(49)78-52-27-46(75)3-6-50(52)59/h1-6,25-27,37-44,73H,7-24,28-35H2,(H7,60,61,62,63,64,65,66,67,68,74,75,76)/p+2/t37-,38-,39-,40-,41-,42-,43-,44-/m1/s1. The van der Waals surface area contributed by atoms with Crippen LogP contribution < -0.4 is 42.0 Å². The Bertz CT molecular complexity index is 3010. The number of aliphatic hydroxyl groups excluding tert-OH is 1. The fraction of sp³-hybridized carbons (Fsp3) is 0.593. The molecule has 83 heavy (non-hydrogen) atoms. The Morgan fingerprint density at radius 1 is 0.590 bits per heavy atom. The molecule has 3 aromatic rings. The molecule has 24 heteroatoms. The van der Waals surface area contributed by atoms with Gasteiger partial charge in [-0.1, -0.05) is 6.07 Å². The average molecular weight is 1210 g/mol. The molecular weight excluding hydrogens is 1130 g/mol. The number of fused-ring (bicyclic) bond motifs is 8. The number of nitrogens with zero attached hydrogens (tertiary/aromatic N) is 6. The fourth-order valence-corrected chi connectivity index (χ4v) is 17.7. The minimum absolute atomic E-state index is 0.0143. The van der Waals surface area contributed by atoms with E-state index in [0.717, 1.165) is 174 Å². The van der Waals surface area contributed by atoms with Gasteiger partial charge in [0, 0.05) is 151 Å². The Balaban J connectivity index is 0.507. The number of aromatic hydroxyl groups is 2. The molecular formula is C59H79N13O7S4+2. The van der Waals surface area contributed by atoms with Crippen molar-refractivity contribution in [2.24, 2.45) is 9.98 Å². The second kappa shape index (κ2) is 25.2. The van der Waals surface area contributed by atoms with Crippen molar-refractivity contribution < 1.29 is 43.5 Å². The van der Waals surface area contributed by atoms with Gasteiger partial charge in [-0.05, 0) is 62.1 Å². The van der Waals surface area contributed by atoms with Crippen LogP contribution in [0.3, 0.4) is 0 Å². The number of phenolic OH excluding ortho intramolecular Hbond substituents is 2. The van der Waals surface area contributed by atoms with Crippen LogP contribution in [0.2, 0.25) is 0 Å². The molecule has 2 saturated heterocycles. The predicted molar refractivity (Wildman–Crippen MR) is 331 cm³/mol. The van der Waals surface area contributed by atoms with Gasteiger partial charge >= 0.3 is 17.9 Å². The molecule has 1 spiro atoms. The topological polar surface area (TPSA) is 235 Å². The molecule has 444 valence electrons. The number of hydrogen-bond acceptors (Lipinski definition) is 21. The van der Waals surface area contributed by atoms with Gasteiger partial charge in [0.05, 0.1) is 68.6 Å². The molecule has 10 aliphatic rings. The van der Waals surface area contributed by atoms with Gasteiger partial charge < -0.3 is 50.5 Å². The van der Waals surface area contributed by atoms with Crippen LogP contribution >= 0.6 is 47.0 Å². The molecule has 3 aromatic carbocycles. The van der Waals surface area contributed by atoms with Crippen molar-refractivity contribution in [3.05, 3.63) is 82.4 Å². The highest BCUT2D eigenvalue weighted by atomic mass is 32.2. The number of benzene rings is 3. The fourth-order valence-electron chi connectivity index (χ4n) is 13.2. The Hall–Kier alpha value is -5.56. The third-order valence-electron chi connectivity index (χ3n) is 17.8. The normalized spacial score (nSPS) is 27.3. The Kier molecular flexibility index (Phi) is 17.2. The highest BCUT2D eigenvalue weighted by Gasteiger charge is 2.54. The van der Waals surface area contributed by atoms with Gasteiger partial charge in [-0.2, -0.15) is 47.0 Å². The van der Waals surface area contributed by atoms with Crippen LogP contribution in [0.1, 0.15) is 88.8 Å². The van der Waals surface area contributed by atoms with E-state index in [1.165, 1.54) is 24.3 Å². The highest BCUT2D eigenvalue weighted by molar-refractivity contribution is 8.00. The van der Waals surface area contributed by atoms with Gasteiger partial charge in [0.2, 0.25) is 0 Å². The number of carbonyl (C=O) groups is 2. The summed E-state index contributed by atoms with van der Waals surface area (Å²) in [7, 11) is 0. The molecule has 20 nitrogen and oxygen atoms in total. The SMILES string of the molecule is O=C(NCCSC[C@H]1CC[N+]2=C(N1)N[C@@H](CSC[C@H]1CCN3CC[C@H](CSC[C@H]4CCN5CC[C@H](CSC[C@H]6CC[N+]7=C(N6)N[C@@H](CO)CC7)N=C5N4)NC3=N1)CC2)c1ccc2c(c1)C(=O)OC21c2ccc(O)cc2Oc2cc(O)ccc21. The number of nitrogens with one attached hydrogen (secondary N) is 7. The molecule has 0 radical (unpaired) electrons. The van der Waals surface area contributed by atoms with Crippen LogP contribution in [0.25, 0.3) is 0 Å². The van der Waals surface area contributed by atoms with Gasteiger partial charge in [0.15, 0.2) is 17.5 Å². The van der Waals surface area contributed by atoms with Crippen molar-refractivity contribution in [1.82, 2.24) is 47.0 Å². The summed E-state index contributed by atoms with van der Waals surface area (Å²) in [6.45, 7) is 9.16. The van der Waals surface area contributed by atoms with E-state index in [1.54, 1.807) is 30.3 Å². The van der Waals surface area contributed by atoms with Gasteiger partial charge in [0.25, 0.3) is 5.91 Å². The van der Waals surface area contributed by atoms with E-state index in [-0.39, 0.29) is 35.6 Å². The zero-order valence-corrected chi connectivity index (χ0v) is 50.3. The van der Waals surface area contributed by atoms with E-state index < -0.39 is 11.6 Å². The molecule has 0 saturated carbocycles. The number of aliphatic imine (C=N–C) groups is 2. The van der Waals surface area contributed by atoms with Crippen molar-refractivity contribution in [3.63, 3.8) is 0 Å². The molecule has 10 N–H and O–H groups in total. The largest absolute Gasteiger partial charge is 0.508 e. The molecule has 10 heterocycles. The molecule has 13 rings (SSSR count). The van der Waals surface area contributed by atoms with Crippen LogP contribution in [0.5, 0.6) is 23.0 Å². The number of thioether (sulfide) groups is 4. The molecule has 1 amide bonds. The first-order valence-corrected chi connectivity index (χ1v) is 34.6. The summed E-state index contributed by atoms with van der Waals surface area (Å²) in [5.41, 5.74) is 0.882. The minimum Gasteiger partial charge on any atom is -0.508 e. The highest BCUT2D eigenvalue weighted by Crippen LogP contribution is 2.57. The summed E-state index contributed by atoms with van der Waals surface area (Å²) in [5.74, 6) is 12.3. The molecule has 0 aromatic heterocycles. The van der Waals surface area contributed by atoms with Crippen molar-refractivity contribution in [3.8, 4) is 23.0 Å². The number of ether oxygens (including phenoxy) is 2. The summed E-state index contributed by atoms with van der Waals surface area (Å²) in [6.07, 6.45) is 8.87.